The molecule has 0 amide bonds. The number of rotatable bonds is 4. The zero-order chi connectivity index (χ0) is 14.7. The molecule has 0 bridgehead atoms. The summed E-state index contributed by atoms with van der Waals surface area (Å²) in [4.78, 5) is 0. The first-order chi connectivity index (χ1) is 10.2. The molecule has 4 nitrogen and oxygen atoms in total. The highest BCUT2D eigenvalue weighted by Gasteiger charge is 2.04. The number of hydrogen-bond acceptors (Lipinski definition) is 4. The number of benzene rings is 2. The van der Waals surface area contributed by atoms with Gasteiger partial charge in [0.15, 0.2) is 0 Å². The third-order valence-electron chi connectivity index (χ3n) is 2.95. The fraction of sp³-hybridized carbons (Fsp3) is 0.0667. The molecule has 0 saturated heterocycles. The van der Waals surface area contributed by atoms with Crippen LogP contribution in [0.3, 0.4) is 0 Å². The Labute approximate surface area is 131 Å². The van der Waals surface area contributed by atoms with Crippen LogP contribution in [-0.4, -0.2) is 10.2 Å². The second-order valence-corrected chi connectivity index (χ2v) is 5.24. The van der Waals surface area contributed by atoms with E-state index in [1.54, 1.807) is 6.07 Å². The first kappa shape index (κ1) is 13.9. The maximum atomic E-state index is 6.00. The third kappa shape index (κ3) is 3.35. The van der Waals surface area contributed by atoms with E-state index >= 15 is 0 Å². The minimum Gasteiger partial charge on any atom is -0.423 e. The van der Waals surface area contributed by atoms with E-state index < -0.39 is 0 Å². The van der Waals surface area contributed by atoms with Crippen LogP contribution in [0.15, 0.2) is 53.3 Å². The molecular weight excluding hydrogens is 309 g/mol. The average Bonchev–Trinajstić information content (AvgIpc) is 3.03. The SMILES string of the molecule is Clc1ccc(CNc2cccc(-c3nnco3)c2)cc1Cl. The van der Waals surface area contributed by atoms with Gasteiger partial charge in [-0.2, -0.15) is 0 Å². The molecule has 6 heteroatoms. The van der Waals surface area contributed by atoms with E-state index in [9.17, 15) is 0 Å². The minimum atomic E-state index is 0.494. The van der Waals surface area contributed by atoms with Gasteiger partial charge in [0.1, 0.15) is 0 Å². The van der Waals surface area contributed by atoms with Crippen molar-refractivity contribution in [2.75, 3.05) is 5.32 Å². The summed E-state index contributed by atoms with van der Waals surface area (Å²) in [5.74, 6) is 0.494. The number of nitrogens with one attached hydrogen (secondary N) is 1. The van der Waals surface area contributed by atoms with Gasteiger partial charge >= 0.3 is 0 Å². The molecule has 0 atom stereocenters. The van der Waals surface area contributed by atoms with Crippen molar-refractivity contribution in [2.45, 2.75) is 6.54 Å². The quantitative estimate of drug-likeness (QED) is 0.760. The zero-order valence-electron chi connectivity index (χ0n) is 10.9. The first-order valence-electron chi connectivity index (χ1n) is 6.27. The van der Waals surface area contributed by atoms with Crippen LogP contribution in [0.25, 0.3) is 11.5 Å². The lowest BCUT2D eigenvalue weighted by Crippen LogP contribution is -1.99. The average molecular weight is 320 g/mol. The van der Waals surface area contributed by atoms with Gasteiger partial charge < -0.3 is 9.73 Å². The molecule has 1 N–H and O–H groups in total. The lowest BCUT2D eigenvalue weighted by molar-refractivity contribution is 0.568. The molecule has 0 saturated carbocycles. The van der Waals surface area contributed by atoms with E-state index in [-0.39, 0.29) is 0 Å². The maximum Gasteiger partial charge on any atom is 0.247 e. The summed E-state index contributed by atoms with van der Waals surface area (Å²) < 4.78 is 5.18. The normalized spacial score (nSPS) is 10.6. The minimum absolute atomic E-state index is 0.494. The van der Waals surface area contributed by atoms with Crippen LogP contribution >= 0.6 is 23.2 Å². The van der Waals surface area contributed by atoms with Crippen molar-refractivity contribution in [1.82, 2.24) is 10.2 Å². The molecule has 0 spiro atoms. The predicted octanol–water partition coefficient (Wildman–Crippen LogP) is 4.66. The molecule has 0 fully saturated rings. The van der Waals surface area contributed by atoms with Gasteiger partial charge in [-0.3, -0.25) is 0 Å². The smallest absolute Gasteiger partial charge is 0.247 e. The highest BCUT2D eigenvalue weighted by Crippen LogP contribution is 2.24. The highest BCUT2D eigenvalue weighted by molar-refractivity contribution is 6.42. The molecule has 0 unspecified atom stereocenters. The van der Waals surface area contributed by atoms with E-state index in [2.05, 4.69) is 15.5 Å². The van der Waals surface area contributed by atoms with Gasteiger partial charge in [-0.1, -0.05) is 35.3 Å². The van der Waals surface area contributed by atoms with E-state index in [1.807, 2.05) is 36.4 Å². The van der Waals surface area contributed by atoms with E-state index in [0.29, 0.717) is 22.5 Å². The van der Waals surface area contributed by atoms with Gasteiger partial charge in [0.05, 0.1) is 10.0 Å². The summed E-state index contributed by atoms with van der Waals surface area (Å²) in [6.45, 7) is 0.643. The molecule has 3 aromatic rings. The summed E-state index contributed by atoms with van der Waals surface area (Å²) in [6.07, 6.45) is 1.31. The lowest BCUT2D eigenvalue weighted by atomic mass is 10.2. The summed E-state index contributed by atoms with van der Waals surface area (Å²) in [5.41, 5.74) is 2.87. The Morgan fingerprint density at radius 1 is 1.05 bits per heavy atom. The van der Waals surface area contributed by atoms with Crippen molar-refractivity contribution in [2.24, 2.45) is 0 Å². The van der Waals surface area contributed by atoms with Gasteiger partial charge in [-0.15, -0.1) is 10.2 Å². The Morgan fingerprint density at radius 3 is 2.71 bits per heavy atom. The summed E-state index contributed by atoms with van der Waals surface area (Å²) >= 11 is 11.9. The molecule has 3 rings (SSSR count). The Hall–Kier alpha value is -2.04. The van der Waals surface area contributed by atoms with Gasteiger partial charge in [0.2, 0.25) is 12.3 Å². The van der Waals surface area contributed by atoms with Crippen LogP contribution in [0, 0.1) is 0 Å². The summed E-state index contributed by atoms with van der Waals surface area (Å²) in [6, 6.07) is 13.3. The lowest BCUT2D eigenvalue weighted by Gasteiger charge is -2.08. The van der Waals surface area contributed by atoms with Gasteiger partial charge in [-0.05, 0) is 35.9 Å². The van der Waals surface area contributed by atoms with Gasteiger partial charge in [0.25, 0.3) is 0 Å². The molecule has 1 aromatic heterocycles. The van der Waals surface area contributed by atoms with Crippen molar-refractivity contribution >= 4 is 28.9 Å². The van der Waals surface area contributed by atoms with Crippen LogP contribution in [-0.2, 0) is 6.54 Å². The zero-order valence-corrected chi connectivity index (χ0v) is 12.4. The van der Waals surface area contributed by atoms with Crippen LogP contribution in [0.4, 0.5) is 5.69 Å². The van der Waals surface area contributed by atoms with Crippen molar-refractivity contribution in [3.63, 3.8) is 0 Å². The van der Waals surface area contributed by atoms with Crippen LogP contribution in [0.5, 0.6) is 0 Å². The number of halogens is 2. The molecule has 21 heavy (non-hydrogen) atoms. The molecule has 2 aromatic carbocycles. The fourth-order valence-electron chi connectivity index (χ4n) is 1.91. The Morgan fingerprint density at radius 2 is 1.95 bits per heavy atom. The fourth-order valence-corrected chi connectivity index (χ4v) is 2.24. The molecule has 0 aliphatic rings. The molecule has 0 aliphatic carbocycles. The van der Waals surface area contributed by atoms with Crippen LogP contribution in [0.2, 0.25) is 10.0 Å². The second kappa shape index (κ2) is 6.16. The summed E-state index contributed by atoms with van der Waals surface area (Å²) in [7, 11) is 0. The van der Waals surface area contributed by atoms with Gasteiger partial charge in [0, 0.05) is 17.8 Å². The van der Waals surface area contributed by atoms with Crippen molar-refractivity contribution < 1.29 is 4.42 Å². The first-order valence-corrected chi connectivity index (χ1v) is 7.02. The Bertz CT molecular complexity index is 744. The number of aromatic nitrogens is 2. The van der Waals surface area contributed by atoms with Crippen molar-refractivity contribution in [3.05, 3.63) is 64.5 Å². The molecular formula is C15H11Cl2N3O. The van der Waals surface area contributed by atoms with E-state index in [0.717, 1.165) is 16.8 Å². The molecule has 0 radical (unpaired) electrons. The van der Waals surface area contributed by atoms with Crippen LogP contribution < -0.4 is 5.32 Å². The highest BCUT2D eigenvalue weighted by atomic mass is 35.5. The van der Waals surface area contributed by atoms with Crippen molar-refractivity contribution in [3.8, 4) is 11.5 Å². The second-order valence-electron chi connectivity index (χ2n) is 4.43. The number of nitrogens with zero attached hydrogens (tertiary/aromatic N) is 2. The molecule has 106 valence electrons. The van der Waals surface area contributed by atoms with E-state index in [4.69, 9.17) is 27.6 Å². The standard InChI is InChI=1S/C15H11Cl2N3O/c16-13-5-4-10(6-14(13)17)8-18-12-3-1-2-11(7-12)15-20-19-9-21-15/h1-7,9,18H,8H2. The number of anilines is 1. The Kier molecular flexibility index (Phi) is 4.08. The predicted molar refractivity (Wildman–Crippen MR) is 83.5 cm³/mol. The largest absolute Gasteiger partial charge is 0.423 e. The molecule has 1 heterocycles. The topological polar surface area (TPSA) is 51.0 Å². The molecule has 0 aliphatic heterocycles. The summed E-state index contributed by atoms with van der Waals surface area (Å²) in [5, 5.41) is 12.0. The Balaban J connectivity index is 1.73. The van der Waals surface area contributed by atoms with Crippen molar-refractivity contribution in [1.29, 1.82) is 0 Å². The monoisotopic (exact) mass is 319 g/mol. The maximum absolute atomic E-state index is 6.00. The van der Waals surface area contributed by atoms with Gasteiger partial charge in [-0.25, -0.2) is 0 Å². The third-order valence-corrected chi connectivity index (χ3v) is 3.69. The van der Waals surface area contributed by atoms with Crippen LogP contribution in [0.1, 0.15) is 5.56 Å². The number of hydrogen-bond donors (Lipinski definition) is 1. The van der Waals surface area contributed by atoms with E-state index in [1.165, 1.54) is 6.39 Å².